The van der Waals surface area contributed by atoms with Crippen LogP contribution in [-0.2, 0) is 13.0 Å². The van der Waals surface area contributed by atoms with Crippen molar-refractivity contribution in [1.29, 1.82) is 0 Å². The van der Waals surface area contributed by atoms with Crippen molar-refractivity contribution >= 4 is 5.91 Å². The molecular formula is C21H21N3O2. The number of aromatic nitrogens is 2. The Morgan fingerprint density at radius 1 is 1.27 bits per heavy atom. The Labute approximate surface area is 153 Å². The van der Waals surface area contributed by atoms with Crippen molar-refractivity contribution in [3.8, 4) is 11.4 Å². The predicted molar refractivity (Wildman–Crippen MR) is 102 cm³/mol. The first-order valence-corrected chi connectivity index (χ1v) is 8.35. The maximum Gasteiger partial charge on any atom is 0.251 e. The summed E-state index contributed by atoms with van der Waals surface area (Å²) in [5.74, 6) is 0.630. The molecule has 2 aromatic carbocycles. The number of ether oxygens (including phenoxy) is 1. The van der Waals surface area contributed by atoms with Gasteiger partial charge in [-0.05, 0) is 41.8 Å². The standard InChI is InChI=1S/C21H21N3O2/c1-3-6-16-13-17(9-10-20(16)26-2)21(25)23-14-18-7-4-5-8-19(18)24-12-11-22-15-24/h3-5,7-13,15H,1,6,14H2,2H3,(H,23,25). The second-order valence-electron chi connectivity index (χ2n) is 5.80. The van der Waals surface area contributed by atoms with E-state index < -0.39 is 0 Å². The molecule has 3 rings (SSSR count). The number of para-hydroxylation sites is 1. The molecule has 1 N–H and O–H groups in total. The minimum Gasteiger partial charge on any atom is -0.496 e. The number of hydrogen-bond acceptors (Lipinski definition) is 3. The molecule has 0 saturated heterocycles. The van der Waals surface area contributed by atoms with Crippen LogP contribution in [0.4, 0.5) is 0 Å². The van der Waals surface area contributed by atoms with Gasteiger partial charge in [0.25, 0.3) is 5.91 Å². The molecule has 132 valence electrons. The van der Waals surface area contributed by atoms with Gasteiger partial charge in [0, 0.05) is 24.5 Å². The highest BCUT2D eigenvalue weighted by molar-refractivity contribution is 5.94. The zero-order chi connectivity index (χ0) is 18.4. The van der Waals surface area contributed by atoms with E-state index in [1.807, 2.05) is 47.2 Å². The number of carbonyl (C=O) groups excluding carboxylic acids is 1. The average Bonchev–Trinajstić information content (AvgIpc) is 3.21. The van der Waals surface area contributed by atoms with Gasteiger partial charge in [0.1, 0.15) is 5.75 Å². The molecule has 0 atom stereocenters. The van der Waals surface area contributed by atoms with Crippen molar-refractivity contribution in [1.82, 2.24) is 14.9 Å². The molecule has 0 saturated carbocycles. The summed E-state index contributed by atoms with van der Waals surface area (Å²) >= 11 is 0. The van der Waals surface area contributed by atoms with Gasteiger partial charge in [0.05, 0.1) is 19.1 Å². The molecule has 0 spiro atoms. The summed E-state index contributed by atoms with van der Waals surface area (Å²) in [5, 5.41) is 2.99. The first-order chi connectivity index (χ1) is 12.7. The Morgan fingerprint density at radius 2 is 2.12 bits per heavy atom. The van der Waals surface area contributed by atoms with Gasteiger partial charge >= 0.3 is 0 Å². The number of hydrogen-bond donors (Lipinski definition) is 1. The summed E-state index contributed by atoms with van der Waals surface area (Å²) in [6, 6.07) is 13.3. The molecule has 1 heterocycles. The Morgan fingerprint density at radius 3 is 2.85 bits per heavy atom. The monoisotopic (exact) mass is 347 g/mol. The van der Waals surface area contributed by atoms with Crippen LogP contribution in [0.15, 0.2) is 73.8 Å². The lowest BCUT2D eigenvalue weighted by Gasteiger charge is -2.12. The fraction of sp³-hybridized carbons (Fsp3) is 0.143. The summed E-state index contributed by atoms with van der Waals surface area (Å²) in [6.07, 6.45) is 7.79. The molecule has 1 amide bonds. The van der Waals surface area contributed by atoms with E-state index in [-0.39, 0.29) is 5.91 Å². The summed E-state index contributed by atoms with van der Waals surface area (Å²) in [7, 11) is 1.62. The van der Waals surface area contributed by atoms with E-state index in [0.29, 0.717) is 18.5 Å². The Kier molecular flexibility index (Phi) is 5.49. The maximum absolute atomic E-state index is 12.6. The molecule has 5 heteroatoms. The first kappa shape index (κ1) is 17.5. The number of carbonyl (C=O) groups is 1. The fourth-order valence-electron chi connectivity index (χ4n) is 2.83. The third-order valence-electron chi connectivity index (χ3n) is 4.12. The van der Waals surface area contributed by atoms with E-state index in [2.05, 4.69) is 16.9 Å². The minimum absolute atomic E-state index is 0.126. The summed E-state index contributed by atoms with van der Waals surface area (Å²) in [4.78, 5) is 16.7. The molecule has 26 heavy (non-hydrogen) atoms. The van der Waals surface area contributed by atoms with Crippen molar-refractivity contribution in [3.05, 3.63) is 90.5 Å². The minimum atomic E-state index is -0.126. The molecular weight excluding hydrogens is 326 g/mol. The molecule has 3 aromatic rings. The fourth-order valence-corrected chi connectivity index (χ4v) is 2.83. The number of imidazole rings is 1. The highest BCUT2D eigenvalue weighted by Crippen LogP contribution is 2.21. The lowest BCUT2D eigenvalue weighted by Crippen LogP contribution is -2.23. The topological polar surface area (TPSA) is 56.2 Å². The van der Waals surface area contributed by atoms with E-state index in [0.717, 1.165) is 22.6 Å². The molecule has 0 aliphatic carbocycles. The van der Waals surface area contributed by atoms with Gasteiger partial charge in [-0.15, -0.1) is 6.58 Å². The maximum atomic E-state index is 12.6. The Hall–Kier alpha value is -3.34. The lowest BCUT2D eigenvalue weighted by atomic mass is 10.1. The van der Waals surface area contributed by atoms with Crippen LogP contribution in [0.25, 0.3) is 5.69 Å². The molecule has 0 aliphatic heterocycles. The normalized spacial score (nSPS) is 10.3. The summed E-state index contributed by atoms with van der Waals surface area (Å²) in [5.41, 5.74) is 3.54. The molecule has 0 fully saturated rings. The van der Waals surface area contributed by atoms with Crippen molar-refractivity contribution < 1.29 is 9.53 Å². The summed E-state index contributed by atoms with van der Waals surface area (Å²) < 4.78 is 7.26. The molecule has 0 radical (unpaired) electrons. The highest BCUT2D eigenvalue weighted by Gasteiger charge is 2.11. The number of methoxy groups -OCH3 is 1. The molecule has 1 aromatic heterocycles. The van der Waals surface area contributed by atoms with Crippen molar-refractivity contribution in [2.24, 2.45) is 0 Å². The van der Waals surface area contributed by atoms with Crippen molar-refractivity contribution in [3.63, 3.8) is 0 Å². The second kappa shape index (κ2) is 8.16. The second-order valence-corrected chi connectivity index (χ2v) is 5.80. The van der Waals surface area contributed by atoms with E-state index in [1.165, 1.54) is 0 Å². The lowest BCUT2D eigenvalue weighted by molar-refractivity contribution is 0.0951. The number of nitrogens with zero attached hydrogens (tertiary/aromatic N) is 2. The predicted octanol–water partition coefficient (Wildman–Crippen LogP) is 3.54. The van der Waals surface area contributed by atoms with Crippen LogP contribution >= 0.6 is 0 Å². The number of nitrogens with one attached hydrogen (secondary N) is 1. The molecule has 0 aliphatic rings. The number of amides is 1. The zero-order valence-corrected chi connectivity index (χ0v) is 14.7. The van der Waals surface area contributed by atoms with Crippen LogP contribution in [0.1, 0.15) is 21.5 Å². The average molecular weight is 347 g/mol. The van der Waals surface area contributed by atoms with Crippen LogP contribution in [0.2, 0.25) is 0 Å². The van der Waals surface area contributed by atoms with E-state index in [4.69, 9.17) is 4.74 Å². The van der Waals surface area contributed by atoms with E-state index in [1.54, 1.807) is 31.8 Å². The number of benzene rings is 2. The third-order valence-corrected chi connectivity index (χ3v) is 4.12. The van der Waals surface area contributed by atoms with Gasteiger partial charge in [-0.2, -0.15) is 0 Å². The smallest absolute Gasteiger partial charge is 0.251 e. The number of allylic oxidation sites excluding steroid dienone is 1. The number of rotatable bonds is 7. The highest BCUT2D eigenvalue weighted by atomic mass is 16.5. The molecule has 0 unspecified atom stereocenters. The first-order valence-electron chi connectivity index (χ1n) is 8.35. The van der Waals surface area contributed by atoms with Crippen molar-refractivity contribution in [2.75, 3.05) is 7.11 Å². The van der Waals surface area contributed by atoms with Gasteiger partial charge in [-0.1, -0.05) is 24.3 Å². The molecule has 0 bridgehead atoms. The van der Waals surface area contributed by atoms with Crippen LogP contribution in [0, 0.1) is 0 Å². The third kappa shape index (κ3) is 3.83. The largest absolute Gasteiger partial charge is 0.496 e. The van der Waals surface area contributed by atoms with Gasteiger partial charge in [0.15, 0.2) is 0 Å². The van der Waals surface area contributed by atoms with E-state index >= 15 is 0 Å². The Bertz CT molecular complexity index is 901. The van der Waals surface area contributed by atoms with Crippen LogP contribution < -0.4 is 10.1 Å². The van der Waals surface area contributed by atoms with Crippen LogP contribution in [0.5, 0.6) is 5.75 Å². The van der Waals surface area contributed by atoms with Crippen molar-refractivity contribution in [2.45, 2.75) is 13.0 Å². The van der Waals surface area contributed by atoms with Crippen LogP contribution in [-0.4, -0.2) is 22.6 Å². The molecule has 5 nitrogen and oxygen atoms in total. The van der Waals surface area contributed by atoms with Gasteiger partial charge < -0.3 is 14.6 Å². The van der Waals surface area contributed by atoms with Gasteiger partial charge in [0.2, 0.25) is 0 Å². The van der Waals surface area contributed by atoms with Gasteiger partial charge in [-0.3, -0.25) is 4.79 Å². The summed E-state index contributed by atoms with van der Waals surface area (Å²) in [6.45, 7) is 4.18. The van der Waals surface area contributed by atoms with Gasteiger partial charge in [-0.25, -0.2) is 4.98 Å². The van der Waals surface area contributed by atoms with E-state index in [9.17, 15) is 4.79 Å². The van der Waals surface area contributed by atoms with Crippen LogP contribution in [0.3, 0.4) is 0 Å². The zero-order valence-electron chi connectivity index (χ0n) is 14.7. The SMILES string of the molecule is C=CCc1cc(C(=O)NCc2ccccc2-n2ccnc2)ccc1OC. The Balaban J connectivity index is 1.76. The quantitative estimate of drug-likeness (QED) is 0.665.